The van der Waals surface area contributed by atoms with Crippen LogP contribution in [0.25, 0.3) is 0 Å². The van der Waals surface area contributed by atoms with Gasteiger partial charge in [0.25, 0.3) is 0 Å². The number of ether oxygens (including phenoxy) is 1. The first kappa shape index (κ1) is 15.3. The molecule has 5 heteroatoms. The Hall–Kier alpha value is -2.14. The number of sulfone groups is 1. The Morgan fingerprint density at radius 2 is 1.52 bits per heavy atom. The highest BCUT2D eigenvalue weighted by Gasteiger charge is 2.17. The molecule has 2 rings (SSSR count). The fourth-order valence-electron chi connectivity index (χ4n) is 2.01. The number of carbonyl (C=O) groups is 1. The molecule has 0 saturated carbocycles. The van der Waals surface area contributed by atoms with Crippen LogP contribution in [0, 0.1) is 0 Å². The van der Waals surface area contributed by atoms with E-state index in [4.69, 9.17) is 0 Å². The first-order valence-corrected chi connectivity index (χ1v) is 8.09. The van der Waals surface area contributed by atoms with Crippen LogP contribution in [0.3, 0.4) is 0 Å². The van der Waals surface area contributed by atoms with Gasteiger partial charge in [0.15, 0.2) is 9.84 Å². The van der Waals surface area contributed by atoms with Crippen LogP contribution in [0.1, 0.15) is 11.1 Å². The van der Waals surface area contributed by atoms with Gasteiger partial charge >= 0.3 is 5.97 Å². The highest BCUT2D eigenvalue weighted by Crippen LogP contribution is 2.19. The third-order valence-electron chi connectivity index (χ3n) is 3.13. The van der Waals surface area contributed by atoms with Crippen molar-refractivity contribution in [3.05, 3.63) is 65.7 Å². The number of benzene rings is 2. The molecule has 0 N–H and O–H groups in total. The summed E-state index contributed by atoms with van der Waals surface area (Å²) < 4.78 is 29.4. The average Bonchev–Trinajstić information content (AvgIpc) is 2.50. The summed E-state index contributed by atoms with van der Waals surface area (Å²) in [6.45, 7) is 0. The second-order valence-electron chi connectivity index (χ2n) is 4.59. The summed E-state index contributed by atoms with van der Waals surface area (Å²) in [7, 11) is -2.12. The van der Waals surface area contributed by atoms with Gasteiger partial charge in [0.2, 0.25) is 0 Å². The van der Waals surface area contributed by atoms with Crippen LogP contribution in [-0.2, 0) is 31.5 Å². The molecule has 0 atom stereocenters. The number of rotatable bonds is 5. The molecule has 0 unspecified atom stereocenters. The lowest BCUT2D eigenvalue weighted by Gasteiger charge is -2.09. The predicted molar refractivity (Wildman–Crippen MR) is 79.5 cm³/mol. The van der Waals surface area contributed by atoms with Crippen molar-refractivity contribution in [1.82, 2.24) is 0 Å². The summed E-state index contributed by atoms with van der Waals surface area (Å²) in [6, 6.07) is 15.3. The molecule has 0 amide bonds. The first-order chi connectivity index (χ1) is 10.0. The molecule has 110 valence electrons. The van der Waals surface area contributed by atoms with Gasteiger partial charge in [-0.1, -0.05) is 42.5 Å². The molecule has 0 aliphatic carbocycles. The van der Waals surface area contributed by atoms with Crippen molar-refractivity contribution in [3.8, 4) is 0 Å². The SMILES string of the molecule is COC(=O)Cc1ccccc1CS(=O)(=O)c1ccccc1. The summed E-state index contributed by atoms with van der Waals surface area (Å²) in [4.78, 5) is 11.7. The van der Waals surface area contributed by atoms with E-state index in [-0.39, 0.29) is 23.0 Å². The molecule has 21 heavy (non-hydrogen) atoms. The minimum Gasteiger partial charge on any atom is -0.469 e. The molecule has 0 heterocycles. The van der Waals surface area contributed by atoms with Gasteiger partial charge in [0.05, 0.1) is 24.2 Å². The minimum absolute atomic E-state index is 0.0665. The fraction of sp³-hybridized carbons (Fsp3) is 0.188. The van der Waals surface area contributed by atoms with E-state index in [1.54, 1.807) is 54.6 Å². The van der Waals surface area contributed by atoms with Crippen LogP contribution < -0.4 is 0 Å². The lowest BCUT2D eigenvalue weighted by atomic mass is 10.1. The maximum atomic E-state index is 12.4. The zero-order valence-corrected chi connectivity index (χ0v) is 12.5. The molecule has 0 saturated heterocycles. The van der Waals surface area contributed by atoms with Gasteiger partial charge < -0.3 is 4.74 Å². The molecule has 0 fully saturated rings. The van der Waals surface area contributed by atoms with Crippen molar-refractivity contribution in [2.45, 2.75) is 17.1 Å². The Morgan fingerprint density at radius 3 is 2.14 bits per heavy atom. The third-order valence-corrected chi connectivity index (χ3v) is 4.81. The van der Waals surface area contributed by atoms with Gasteiger partial charge in [-0.2, -0.15) is 0 Å². The van der Waals surface area contributed by atoms with E-state index in [1.807, 2.05) is 0 Å². The van der Waals surface area contributed by atoms with Gasteiger partial charge in [0.1, 0.15) is 0 Å². The van der Waals surface area contributed by atoms with Crippen LogP contribution in [0.15, 0.2) is 59.5 Å². The molecule has 4 nitrogen and oxygen atoms in total. The monoisotopic (exact) mass is 304 g/mol. The molecular formula is C16H16O4S. The Labute approximate surface area is 124 Å². The van der Waals surface area contributed by atoms with E-state index in [9.17, 15) is 13.2 Å². The van der Waals surface area contributed by atoms with Crippen LogP contribution in [0.2, 0.25) is 0 Å². The highest BCUT2D eigenvalue weighted by molar-refractivity contribution is 7.90. The quantitative estimate of drug-likeness (QED) is 0.796. The van der Waals surface area contributed by atoms with Gasteiger partial charge in [-0.25, -0.2) is 8.42 Å². The molecule has 0 aromatic heterocycles. The summed E-state index contributed by atoms with van der Waals surface area (Å²) in [5, 5.41) is 0. The lowest BCUT2D eigenvalue weighted by Crippen LogP contribution is -2.10. The van der Waals surface area contributed by atoms with Gasteiger partial charge in [-0.3, -0.25) is 4.79 Å². The van der Waals surface area contributed by atoms with E-state index in [0.29, 0.717) is 11.1 Å². The molecule has 2 aromatic carbocycles. The zero-order chi connectivity index (χ0) is 15.3. The summed E-state index contributed by atoms with van der Waals surface area (Å²) in [5.41, 5.74) is 1.29. The van der Waals surface area contributed by atoms with Crippen molar-refractivity contribution in [2.24, 2.45) is 0 Å². The molecule has 0 aliphatic heterocycles. The molecule has 0 radical (unpaired) electrons. The van der Waals surface area contributed by atoms with Crippen molar-refractivity contribution >= 4 is 15.8 Å². The van der Waals surface area contributed by atoms with E-state index in [1.165, 1.54) is 7.11 Å². The standard InChI is InChI=1S/C16H16O4S/c1-20-16(17)11-13-7-5-6-8-14(13)12-21(18,19)15-9-3-2-4-10-15/h2-10H,11-12H2,1H3. The number of methoxy groups -OCH3 is 1. The molecule has 0 aliphatic rings. The van der Waals surface area contributed by atoms with Crippen molar-refractivity contribution in [1.29, 1.82) is 0 Å². The van der Waals surface area contributed by atoms with E-state index >= 15 is 0 Å². The summed E-state index contributed by atoms with van der Waals surface area (Å²) in [5.74, 6) is -0.524. The number of hydrogen-bond donors (Lipinski definition) is 0. The molecule has 2 aromatic rings. The predicted octanol–water partition coefficient (Wildman–Crippen LogP) is 2.38. The molecular weight excluding hydrogens is 288 g/mol. The van der Waals surface area contributed by atoms with Crippen LogP contribution >= 0.6 is 0 Å². The second-order valence-corrected chi connectivity index (χ2v) is 6.58. The number of esters is 1. The number of carbonyl (C=O) groups excluding carboxylic acids is 1. The Kier molecular flexibility index (Phi) is 4.75. The maximum absolute atomic E-state index is 12.4. The number of hydrogen-bond acceptors (Lipinski definition) is 4. The van der Waals surface area contributed by atoms with E-state index < -0.39 is 9.84 Å². The van der Waals surface area contributed by atoms with Crippen molar-refractivity contribution in [3.63, 3.8) is 0 Å². The first-order valence-electron chi connectivity index (χ1n) is 6.44. The zero-order valence-electron chi connectivity index (χ0n) is 11.7. The molecule has 0 spiro atoms. The maximum Gasteiger partial charge on any atom is 0.309 e. The van der Waals surface area contributed by atoms with Gasteiger partial charge in [0, 0.05) is 0 Å². The Bertz CT molecular complexity index is 721. The van der Waals surface area contributed by atoms with Crippen LogP contribution in [-0.4, -0.2) is 21.5 Å². The highest BCUT2D eigenvalue weighted by atomic mass is 32.2. The minimum atomic E-state index is -3.43. The smallest absolute Gasteiger partial charge is 0.309 e. The third kappa shape index (κ3) is 3.92. The normalized spacial score (nSPS) is 11.1. The second kappa shape index (κ2) is 6.54. The fourth-order valence-corrected chi connectivity index (χ4v) is 3.44. The lowest BCUT2D eigenvalue weighted by molar-refractivity contribution is -0.139. The summed E-state index contributed by atoms with van der Waals surface area (Å²) >= 11 is 0. The van der Waals surface area contributed by atoms with E-state index in [0.717, 1.165) is 0 Å². The Balaban J connectivity index is 2.30. The van der Waals surface area contributed by atoms with Gasteiger partial charge in [-0.05, 0) is 23.3 Å². The topological polar surface area (TPSA) is 60.4 Å². The Morgan fingerprint density at radius 1 is 0.952 bits per heavy atom. The van der Waals surface area contributed by atoms with Crippen LogP contribution in [0.4, 0.5) is 0 Å². The summed E-state index contributed by atoms with van der Waals surface area (Å²) in [6.07, 6.45) is 0.0665. The average molecular weight is 304 g/mol. The van der Waals surface area contributed by atoms with Crippen molar-refractivity contribution < 1.29 is 17.9 Å². The van der Waals surface area contributed by atoms with Gasteiger partial charge in [-0.15, -0.1) is 0 Å². The molecule has 0 bridgehead atoms. The van der Waals surface area contributed by atoms with Crippen molar-refractivity contribution in [2.75, 3.05) is 7.11 Å². The van der Waals surface area contributed by atoms with E-state index in [2.05, 4.69) is 4.74 Å². The largest absolute Gasteiger partial charge is 0.469 e. The van der Waals surface area contributed by atoms with Crippen LogP contribution in [0.5, 0.6) is 0 Å².